The maximum atomic E-state index is 12.2. The molecule has 0 bridgehead atoms. The Hall–Kier alpha value is -3.17. The highest BCUT2D eigenvalue weighted by atomic mass is 35.5. The van der Waals surface area contributed by atoms with Crippen molar-refractivity contribution in [2.45, 2.75) is 0 Å². The van der Waals surface area contributed by atoms with Crippen molar-refractivity contribution in [2.75, 3.05) is 14.1 Å². The monoisotopic (exact) mass is 423 g/mol. The second-order valence-electron chi connectivity index (χ2n) is 5.81. The first-order valence-corrected chi connectivity index (χ1v) is 8.42. The molecule has 11 heteroatoms. The number of rotatable bonds is 3. The minimum atomic E-state index is -0.762. The van der Waals surface area contributed by atoms with Crippen LogP contribution < -0.4 is 0 Å². The Labute approximate surface area is 167 Å². The molecule has 1 aromatic heterocycles. The highest BCUT2D eigenvalue weighted by Gasteiger charge is 2.38. The summed E-state index contributed by atoms with van der Waals surface area (Å²) in [4.78, 5) is 48.1. The number of benzene rings is 1. The zero-order chi connectivity index (χ0) is 20.7. The van der Waals surface area contributed by atoms with Crippen LogP contribution in [0, 0.1) is 10.1 Å². The van der Waals surface area contributed by atoms with Crippen LogP contribution >= 0.6 is 23.2 Å². The number of nitro benzene ring substituents is 1. The number of hydrogen-bond acceptors (Lipinski definition) is 6. The van der Waals surface area contributed by atoms with Crippen LogP contribution in [-0.4, -0.2) is 46.7 Å². The van der Waals surface area contributed by atoms with Crippen LogP contribution in [0.3, 0.4) is 0 Å². The lowest BCUT2D eigenvalue weighted by Gasteiger charge is -2.28. The maximum absolute atomic E-state index is 12.2. The van der Waals surface area contributed by atoms with Gasteiger partial charge in [-0.05, 0) is 24.3 Å². The normalized spacial score (nSPS) is 14.7. The summed E-state index contributed by atoms with van der Waals surface area (Å²) in [6, 6.07) is 4.63. The van der Waals surface area contributed by atoms with Gasteiger partial charge in [-0.1, -0.05) is 23.2 Å². The lowest BCUT2D eigenvalue weighted by molar-refractivity contribution is -0.384. The molecule has 1 aliphatic rings. The van der Waals surface area contributed by atoms with Crippen molar-refractivity contribution in [1.82, 2.24) is 9.80 Å². The SMILES string of the molecule is CN1C(=O)C(=Cc2ccc(-c3cc(Cl)c([N+](=O)[O-])cc3Cl)o2)C(=O)N(C)C1=O. The topological polar surface area (TPSA) is 114 Å². The maximum Gasteiger partial charge on any atom is 0.333 e. The van der Waals surface area contributed by atoms with E-state index in [0.717, 1.165) is 15.9 Å². The molecule has 0 aliphatic carbocycles. The molecule has 4 amide bonds. The molecule has 9 nitrogen and oxygen atoms in total. The number of hydrogen-bond donors (Lipinski definition) is 0. The highest BCUT2D eigenvalue weighted by molar-refractivity contribution is 6.36. The average Bonchev–Trinajstić information content (AvgIpc) is 3.11. The lowest BCUT2D eigenvalue weighted by Crippen LogP contribution is -2.52. The van der Waals surface area contributed by atoms with Crippen molar-refractivity contribution < 1.29 is 23.7 Å². The highest BCUT2D eigenvalue weighted by Crippen LogP contribution is 2.37. The Balaban J connectivity index is 1.99. The molecule has 0 unspecified atom stereocenters. The molecule has 0 spiro atoms. The predicted octanol–water partition coefficient (Wildman–Crippen LogP) is 3.60. The minimum Gasteiger partial charge on any atom is -0.457 e. The summed E-state index contributed by atoms with van der Waals surface area (Å²) in [7, 11) is 2.52. The van der Waals surface area contributed by atoms with Gasteiger partial charge in [-0.3, -0.25) is 29.5 Å². The largest absolute Gasteiger partial charge is 0.457 e. The molecule has 1 aromatic carbocycles. The molecule has 2 heterocycles. The third kappa shape index (κ3) is 3.25. The van der Waals surface area contributed by atoms with Crippen LogP contribution in [0.1, 0.15) is 5.76 Å². The molecule has 144 valence electrons. The van der Waals surface area contributed by atoms with Gasteiger partial charge in [0.2, 0.25) is 0 Å². The first-order chi connectivity index (χ1) is 13.1. The Morgan fingerprint density at radius 3 is 2.21 bits per heavy atom. The number of imide groups is 2. The van der Waals surface area contributed by atoms with E-state index in [1.54, 1.807) is 0 Å². The van der Waals surface area contributed by atoms with Gasteiger partial charge in [-0.2, -0.15) is 0 Å². The van der Waals surface area contributed by atoms with Gasteiger partial charge in [-0.15, -0.1) is 0 Å². The van der Waals surface area contributed by atoms with E-state index in [0.29, 0.717) is 5.56 Å². The molecule has 2 aromatic rings. The van der Waals surface area contributed by atoms with Crippen molar-refractivity contribution in [3.05, 3.63) is 55.8 Å². The number of likely N-dealkylation sites (N-methyl/N-ethyl adjacent to an activating group) is 2. The van der Waals surface area contributed by atoms with E-state index in [9.17, 15) is 24.5 Å². The fraction of sp³-hybridized carbons (Fsp3) is 0.118. The summed E-state index contributed by atoms with van der Waals surface area (Å²) in [6.45, 7) is 0. The van der Waals surface area contributed by atoms with Gasteiger partial charge in [0.1, 0.15) is 22.1 Å². The fourth-order valence-electron chi connectivity index (χ4n) is 2.56. The molecular formula is C17H11Cl2N3O6. The molecule has 0 saturated carbocycles. The van der Waals surface area contributed by atoms with Gasteiger partial charge in [-0.25, -0.2) is 4.79 Å². The van der Waals surface area contributed by atoms with Crippen LogP contribution in [0.15, 0.2) is 34.3 Å². The molecule has 0 N–H and O–H groups in total. The third-order valence-corrected chi connectivity index (χ3v) is 4.67. The number of halogens is 2. The van der Waals surface area contributed by atoms with E-state index in [1.807, 2.05) is 0 Å². The summed E-state index contributed by atoms with van der Waals surface area (Å²) in [5.41, 5.74) is -0.301. The Bertz CT molecular complexity index is 1050. The Morgan fingerprint density at radius 1 is 1.04 bits per heavy atom. The second-order valence-corrected chi connectivity index (χ2v) is 6.63. The van der Waals surface area contributed by atoms with Crippen molar-refractivity contribution in [1.29, 1.82) is 0 Å². The summed E-state index contributed by atoms with van der Waals surface area (Å²) < 4.78 is 5.59. The minimum absolute atomic E-state index is 0.0412. The first-order valence-electron chi connectivity index (χ1n) is 7.67. The predicted molar refractivity (Wildman–Crippen MR) is 99.7 cm³/mol. The van der Waals surface area contributed by atoms with Crippen LogP contribution in [-0.2, 0) is 9.59 Å². The van der Waals surface area contributed by atoms with E-state index in [4.69, 9.17) is 27.6 Å². The van der Waals surface area contributed by atoms with Gasteiger partial charge < -0.3 is 4.42 Å². The molecular weight excluding hydrogens is 413 g/mol. The number of nitro groups is 1. The number of furan rings is 1. The van der Waals surface area contributed by atoms with Crippen LogP contribution in [0.25, 0.3) is 17.4 Å². The van der Waals surface area contributed by atoms with E-state index in [1.165, 1.54) is 38.4 Å². The zero-order valence-corrected chi connectivity index (χ0v) is 15.9. The molecule has 0 radical (unpaired) electrons. The van der Waals surface area contributed by atoms with Crippen LogP contribution in [0.2, 0.25) is 10.0 Å². The molecule has 0 atom stereocenters. The molecule has 1 saturated heterocycles. The number of amides is 4. The number of carbonyl (C=O) groups excluding carboxylic acids is 3. The van der Waals surface area contributed by atoms with E-state index in [2.05, 4.69) is 0 Å². The van der Waals surface area contributed by atoms with Crippen molar-refractivity contribution in [3.8, 4) is 11.3 Å². The molecule has 28 heavy (non-hydrogen) atoms. The molecule has 3 rings (SSSR count). The van der Waals surface area contributed by atoms with Gasteiger partial charge in [0.15, 0.2) is 0 Å². The van der Waals surface area contributed by atoms with Crippen molar-refractivity contribution in [3.63, 3.8) is 0 Å². The lowest BCUT2D eigenvalue weighted by atomic mass is 10.1. The summed E-state index contributed by atoms with van der Waals surface area (Å²) >= 11 is 12.0. The Kier molecular flexibility index (Phi) is 4.97. The van der Waals surface area contributed by atoms with Gasteiger partial charge in [0, 0.05) is 25.7 Å². The summed E-state index contributed by atoms with van der Waals surface area (Å²) in [6.07, 6.45) is 1.20. The molecule has 1 fully saturated rings. The summed E-state index contributed by atoms with van der Waals surface area (Å²) in [5, 5.41) is 10.8. The number of nitrogens with zero attached hydrogens (tertiary/aromatic N) is 3. The smallest absolute Gasteiger partial charge is 0.333 e. The number of carbonyl (C=O) groups is 3. The second kappa shape index (κ2) is 7.10. The number of urea groups is 1. The van der Waals surface area contributed by atoms with E-state index in [-0.39, 0.29) is 32.8 Å². The third-order valence-electron chi connectivity index (χ3n) is 4.06. The van der Waals surface area contributed by atoms with Gasteiger partial charge in [0.25, 0.3) is 17.5 Å². The fourth-order valence-corrected chi connectivity index (χ4v) is 3.04. The van der Waals surface area contributed by atoms with Crippen molar-refractivity contribution in [2.24, 2.45) is 0 Å². The van der Waals surface area contributed by atoms with Crippen molar-refractivity contribution >= 4 is 52.8 Å². The Morgan fingerprint density at radius 2 is 1.64 bits per heavy atom. The zero-order valence-electron chi connectivity index (χ0n) is 14.4. The first kappa shape index (κ1) is 19.6. The van der Waals surface area contributed by atoms with Gasteiger partial charge >= 0.3 is 6.03 Å². The van der Waals surface area contributed by atoms with Gasteiger partial charge in [0.05, 0.1) is 9.95 Å². The number of barbiturate groups is 1. The van der Waals surface area contributed by atoms with Crippen LogP contribution in [0.5, 0.6) is 0 Å². The van der Waals surface area contributed by atoms with E-state index < -0.39 is 22.8 Å². The quantitative estimate of drug-likeness (QED) is 0.322. The summed E-state index contributed by atoms with van der Waals surface area (Å²) in [5.74, 6) is -1.15. The van der Waals surface area contributed by atoms with E-state index >= 15 is 0 Å². The van der Waals surface area contributed by atoms with Crippen LogP contribution in [0.4, 0.5) is 10.5 Å². The molecule has 1 aliphatic heterocycles. The average molecular weight is 424 g/mol. The standard InChI is InChI=1S/C17H11Cl2N3O6/c1-20-15(23)10(16(24)21(2)17(20)25)5-8-3-4-14(28-8)9-6-12(19)13(22(26)27)7-11(9)18/h3-7H,1-2H3.